The van der Waals surface area contributed by atoms with Crippen LogP contribution in [0.15, 0.2) is 42.9 Å². The van der Waals surface area contributed by atoms with Crippen LogP contribution in [0.5, 0.6) is 0 Å². The Balaban J connectivity index is 1.47. The lowest BCUT2D eigenvalue weighted by molar-refractivity contribution is 0.00984. The molecule has 196 valence electrons. The second kappa shape index (κ2) is 11.7. The van der Waals surface area contributed by atoms with Crippen molar-refractivity contribution in [2.24, 2.45) is 11.7 Å². The maximum absolute atomic E-state index is 14.4. The normalized spacial score (nSPS) is 21.9. The van der Waals surface area contributed by atoms with E-state index >= 15 is 0 Å². The highest BCUT2D eigenvalue weighted by Crippen LogP contribution is 2.39. The molecule has 0 bridgehead atoms. The first-order valence-electron chi connectivity index (χ1n) is 12.1. The molecule has 0 aliphatic heterocycles. The average Bonchev–Trinajstić information content (AvgIpc) is 3.30. The van der Waals surface area contributed by atoms with Crippen molar-refractivity contribution in [3.63, 3.8) is 0 Å². The van der Waals surface area contributed by atoms with E-state index in [0.29, 0.717) is 23.1 Å². The molecule has 0 amide bonds. The van der Waals surface area contributed by atoms with Crippen LogP contribution < -0.4 is 11.1 Å². The molecule has 8 nitrogen and oxygen atoms in total. The molecule has 1 aliphatic carbocycles. The molecular formula is C27H32F2N6O2. The number of pyridine rings is 1. The number of aromatic amines is 1. The maximum Gasteiger partial charge on any atom is 0.205 e. The first-order chi connectivity index (χ1) is 17.8. The summed E-state index contributed by atoms with van der Waals surface area (Å²) in [5.41, 5.74) is 8.54. The number of halogens is 2. The Kier molecular flexibility index (Phi) is 8.42. The minimum atomic E-state index is -0.814. The summed E-state index contributed by atoms with van der Waals surface area (Å²) >= 11 is 0. The van der Waals surface area contributed by atoms with Gasteiger partial charge in [-0.2, -0.15) is 0 Å². The number of benzene rings is 1. The second-order valence-electron chi connectivity index (χ2n) is 9.40. The van der Waals surface area contributed by atoms with E-state index in [1.807, 2.05) is 6.07 Å². The molecule has 2 heterocycles. The molecule has 0 spiro atoms. The number of nitrogens with two attached hydrogens (primary N) is 1. The number of hydrogen-bond acceptors (Lipinski definition) is 7. The number of methoxy groups -OCH3 is 2. The molecule has 37 heavy (non-hydrogen) atoms. The van der Waals surface area contributed by atoms with Crippen molar-refractivity contribution >= 4 is 23.4 Å². The largest absolute Gasteiger partial charge is 0.380 e. The van der Waals surface area contributed by atoms with E-state index in [4.69, 9.17) is 20.6 Å². The molecule has 2 aromatic heterocycles. The monoisotopic (exact) mass is 510 g/mol. The minimum Gasteiger partial charge on any atom is -0.380 e. The van der Waals surface area contributed by atoms with Crippen LogP contribution in [0.3, 0.4) is 0 Å². The van der Waals surface area contributed by atoms with E-state index in [1.54, 1.807) is 31.8 Å². The number of imidazole rings is 1. The van der Waals surface area contributed by atoms with Gasteiger partial charge in [-0.05, 0) is 66.2 Å². The van der Waals surface area contributed by atoms with Crippen LogP contribution in [0.4, 0.5) is 20.4 Å². The molecule has 0 saturated heterocycles. The lowest BCUT2D eigenvalue weighted by atomic mass is 9.74. The first-order valence-corrected chi connectivity index (χ1v) is 12.1. The Morgan fingerprint density at radius 2 is 2.00 bits per heavy atom. The fourth-order valence-corrected chi connectivity index (χ4v) is 5.09. The number of nitrogens with one attached hydrogen (secondary N) is 3. The summed E-state index contributed by atoms with van der Waals surface area (Å²) in [5.74, 6) is -0.583. The van der Waals surface area contributed by atoms with Crippen LogP contribution in [0.2, 0.25) is 0 Å². The highest BCUT2D eigenvalue weighted by molar-refractivity contribution is 6.09. The number of aromatic nitrogens is 3. The zero-order valence-corrected chi connectivity index (χ0v) is 21.1. The highest BCUT2D eigenvalue weighted by Gasteiger charge is 2.35. The van der Waals surface area contributed by atoms with E-state index in [1.165, 1.54) is 25.3 Å². The lowest BCUT2D eigenvalue weighted by Gasteiger charge is -2.38. The van der Waals surface area contributed by atoms with Crippen LogP contribution in [0.25, 0.3) is 6.08 Å². The third-order valence-corrected chi connectivity index (χ3v) is 6.72. The van der Waals surface area contributed by atoms with Gasteiger partial charge in [-0.3, -0.25) is 4.98 Å². The summed E-state index contributed by atoms with van der Waals surface area (Å²) < 4.78 is 39.3. The third kappa shape index (κ3) is 6.10. The van der Waals surface area contributed by atoms with Gasteiger partial charge in [0.25, 0.3) is 0 Å². The number of nitrogens with zero attached hydrogens (tertiary/aromatic N) is 2. The number of H-pyrrole nitrogens is 1. The minimum absolute atomic E-state index is 0.0397. The zero-order valence-electron chi connectivity index (χ0n) is 21.1. The summed E-state index contributed by atoms with van der Waals surface area (Å²) in [4.78, 5) is 11.7. The number of rotatable bonds is 9. The molecule has 1 aromatic carbocycles. The molecule has 4 rings (SSSR count). The molecule has 5 N–H and O–H groups in total. The molecule has 1 saturated carbocycles. The van der Waals surface area contributed by atoms with Gasteiger partial charge in [0.15, 0.2) is 0 Å². The van der Waals surface area contributed by atoms with E-state index in [9.17, 15) is 8.78 Å². The van der Waals surface area contributed by atoms with Gasteiger partial charge >= 0.3 is 0 Å². The van der Waals surface area contributed by atoms with Gasteiger partial charge < -0.3 is 30.9 Å². The van der Waals surface area contributed by atoms with Crippen LogP contribution in [-0.2, 0) is 16.1 Å². The Morgan fingerprint density at radius 1 is 1.24 bits per heavy atom. The van der Waals surface area contributed by atoms with Crippen molar-refractivity contribution in [2.45, 2.75) is 44.4 Å². The summed E-state index contributed by atoms with van der Waals surface area (Å²) in [6.45, 7) is 2.24. The van der Waals surface area contributed by atoms with Gasteiger partial charge in [0.1, 0.15) is 11.6 Å². The molecular weight excluding hydrogens is 478 g/mol. The topological polar surface area (TPSA) is 122 Å². The Hall–Kier alpha value is -3.47. The van der Waals surface area contributed by atoms with E-state index in [0.717, 1.165) is 24.1 Å². The second-order valence-corrected chi connectivity index (χ2v) is 9.40. The SMILES string of the molecule is COCc1cc(F)c(C(=N)/C=C\c2cnc(Nc3cnccc3[C@H]3C[C@@H](N)[C@@H](OC)[C@@H](C)C3)[nH]2)c(F)c1. The predicted octanol–water partition coefficient (Wildman–Crippen LogP) is 4.91. The van der Waals surface area contributed by atoms with Crippen molar-refractivity contribution in [1.29, 1.82) is 5.41 Å². The molecule has 3 aromatic rings. The molecule has 10 heteroatoms. The van der Waals surface area contributed by atoms with Crippen molar-refractivity contribution in [3.8, 4) is 0 Å². The van der Waals surface area contributed by atoms with Gasteiger partial charge in [0, 0.05) is 26.5 Å². The summed E-state index contributed by atoms with van der Waals surface area (Å²) in [6, 6.07) is 4.28. The van der Waals surface area contributed by atoms with Gasteiger partial charge in [-0.1, -0.05) is 6.92 Å². The van der Waals surface area contributed by atoms with Gasteiger partial charge in [0.05, 0.1) is 47.8 Å². The van der Waals surface area contributed by atoms with Gasteiger partial charge in [-0.25, -0.2) is 13.8 Å². The lowest BCUT2D eigenvalue weighted by Crippen LogP contribution is -2.45. The average molecular weight is 511 g/mol. The number of anilines is 2. The fourth-order valence-electron chi connectivity index (χ4n) is 5.09. The van der Waals surface area contributed by atoms with Crippen LogP contribution in [0.1, 0.15) is 48.1 Å². The van der Waals surface area contributed by atoms with Gasteiger partial charge in [-0.15, -0.1) is 0 Å². The van der Waals surface area contributed by atoms with Crippen molar-refractivity contribution in [3.05, 3.63) is 76.9 Å². The fraction of sp³-hybridized carbons (Fsp3) is 0.370. The summed E-state index contributed by atoms with van der Waals surface area (Å²) in [7, 11) is 3.15. The smallest absolute Gasteiger partial charge is 0.205 e. The molecule has 1 aliphatic rings. The summed E-state index contributed by atoms with van der Waals surface area (Å²) in [6.07, 6.45) is 9.73. The van der Waals surface area contributed by atoms with Gasteiger partial charge in [0.2, 0.25) is 5.95 Å². The van der Waals surface area contributed by atoms with E-state index in [-0.39, 0.29) is 30.4 Å². The molecule has 1 fully saturated rings. The highest BCUT2D eigenvalue weighted by atomic mass is 19.1. The standard InChI is InChI=1S/C27H32F2N6O2/c1-15-8-17(11-23(31)26(15)37-3)19-6-7-32-13-24(19)35-27-33-12-18(34-27)4-5-22(30)25-20(28)9-16(14-36-2)10-21(25)29/h4-7,9-10,12-13,15,17,23,26,30H,8,11,14,31H2,1-3H3,(H2,33,34,35)/b5-4-,30-22?/t15-,17+,23+,26-/m0/s1. The number of ether oxygens (including phenoxy) is 2. The van der Waals surface area contributed by atoms with E-state index in [2.05, 4.69) is 27.2 Å². The summed E-state index contributed by atoms with van der Waals surface area (Å²) in [5, 5.41) is 11.4. The van der Waals surface area contributed by atoms with E-state index < -0.39 is 17.2 Å². The van der Waals surface area contributed by atoms with Crippen LogP contribution in [0, 0.1) is 23.0 Å². The number of hydrogen-bond donors (Lipinski definition) is 4. The quantitative estimate of drug-likeness (QED) is 0.304. The third-order valence-electron chi connectivity index (χ3n) is 6.72. The van der Waals surface area contributed by atoms with Crippen LogP contribution >= 0.6 is 0 Å². The van der Waals surface area contributed by atoms with Crippen molar-refractivity contribution < 1.29 is 18.3 Å². The molecule has 4 atom stereocenters. The Labute approximate surface area is 214 Å². The Bertz CT molecular complexity index is 1240. The maximum atomic E-state index is 14.4. The first kappa shape index (κ1) is 26.6. The predicted molar refractivity (Wildman–Crippen MR) is 139 cm³/mol. The number of allylic oxidation sites excluding steroid dienone is 1. The van der Waals surface area contributed by atoms with Crippen LogP contribution in [-0.4, -0.2) is 47.0 Å². The molecule has 0 radical (unpaired) electrons. The zero-order chi connectivity index (χ0) is 26.5. The molecule has 0 unspecified atom stereocenters. The van der Waals surface area contributed by atoms with Crippen molar-refractivity contribution in [1.82, 2.24) is 15.0 Å². The van der Waals surface area contributed by atoms with Crippen molar-refractivity contribution in [2.75, 3.05) is 19.5 Å². The Morgan fingerprint density at radius 3 is 2.68 bits per heavy atom.